The predicted octanol–water partition coefficient (Wildman–Crippen LogP) is 4.38. The molecule has 34 heavy (non-hydrogen) atoms. The third kappa shape index (κ3) is 5.94. The summed E-state index contributed by atoms with van der Waals surface area (Å²) < 4.78 is 38.2. The molecule has 0 bridgehead atoms. The number of nitro benzene ring substituents is 1. The smallest absolute Gasteiger partial charge is 0.274 e. The van der Waals surface area contributed by atoms with Crippen molar-refractivity contribution in [1.29, 1.82) is 0 Å². The first-order valence-corrected chi connectivity index (χ1v) is 11.6. The first-order valence-electron chi connectivity index (χ1n) is 9.74. The Kier molecular flexibility index (Phi) is 7.59. The number of halogens is 1. The van der Waals surface area contributed by atoms with Gasteiger partial charge in [0.25, 0.3) is 21.6 Å². The topological polar surface area (TPSA) is 137 Å². The highest BCUT2D eigenvalue weighted by atomic mass is 35.5. The number of sulfonamides is 1. The standard InChI is InChI=1S/C22H20ClN3O7S/c1-14-19(4-3-5-20(14)26(28)29)24-22(27)13-33-21-11-10-17(12-18(21)23)34(30,31)25-15-6-8-16(32-2)9-7-15/h3-12,25H,13H2,1-2H3,(H,24,27). The van der Waals surface area contributed by atoms with Crippen molar-refractivity contribution < 1.29 is 27.6 Å². The fourth-order valence-corrected chi connectivity index (χ4v) is 4.31. The van der Waals surface area contributed by atoms with Gasteiger partial charge in [0.2, 0.25) is 0 Å². The average Bonchev–Trinajstić information content (AvgIpc) is 2.79. The second-order valence-electron chi connectivity index (χ2n) is 6.97. The average molecular weight is 506 g/mol. The van der Waals surface area contributed by atoms with E-state index in [9.17, 15) is 23.3 Å². The van der Waals surface area contributed by atoms with Crippen molar-refractivity contribution in [3.8, 4) is 11.5 Å². The van der Waals surface area contributed by atoms with Crippen molar-refractivity contribution in [3.63, 3.8) is 0 Å². The molecule has 0 aliphatic carbocycles. The van der Waals surface area contributed by atoms with Gasteiger partial charge in [-0.2, -0.15) is 0 Å². The number of hydrogen-bond donors (Lipinski definition) is 2. The first-order chi connectivity index (χ1) is 16.1. The maximum absolute atomic E-state index is 12.6. The zero-order chi connectivity index (χ0) is 24.9. The van der Waals surface area contributed by atoms with Crippen molar-refractivity contribution in [2.24, 2.45) is 0 Å². The summed E-state index contributed by atoms with van der Waals surface area (Å²) in [6.45, 7) is 1.07. The molecule has 3 aromatic rings. The molecule has 0 spiro atoms. The molecule has 0 heterocycles. The summed E-state index contributed by atoms with van der Waals surface area (Å²) in [4.78, 5) is 22.6. The van der Waals surface area contributed by atoms with Crippen LogP contribution in [0.25, 0.3) is 0 Å². The van der Waals surface area contributed by atoms with Crippen molar-refractivity contribution >= 4 is 44.6 Å². The van der Waals surface area contributed by atoms with E-state index in [0.29, 0.717) is 17.0 Å². The number of ether oxygens (including phenoxy) is 2. The van der Waals surface area contributed by atoms with Crippen molar-refractivity contribution in [2.75, 3.05) is 23.8 Å². The van der Waals surface area contributed by atoms with Gasteiger partial charge in [-0.15, -0.1) is 0 Å². The molecule has 3 aromatic carbocycles. The van der Waals surface area contributed by atoms with E-state index in [2.05, 4.69) is 10.0 Å². The monoisotopic (exact) mass is 505 g/mol. The van der Waals surface area contributed by atoms with Gasteiger partial charge in [0.15, 0.2) is 6.61 Å². The predicted molar refractivity (Wildman–Crippen MR) is 127 cm³/mol. The highest BCUT2D eigenvalue weighted by Crippen LogP contribution is 2.29. The minimum Gasteiger partial charge on any atom is -0.497 e. The van der Waals surface area contributed by atoms with E-state index in [0.717, 1.165) is 0 Å². The maximum atomic E-state index is 12.6. The Morgan fingerprint density at radius 1 is 1.12 bits per heavy atom. The minimum absolute atomic E-state index is 0.0167. The summed E-state index contributed by atoms with van der Waals surface area (Å²) >= 11 is 6.16. The van der Waals surface area contributed by atoms with Crippen LogP contribution < -0.4 is 19.5 Å². The van der Waals surface area contributed by atoms with Crippen LogP contribution in [0.1, 0.15) is 5.56 Å². The van der Waals surface area contributed by atoms with Gasteiger partial charge in [-0.3, -0.25) is 19.6 Å². The lowest BCUT2D eigenvalue weighted by Crippen LogP contribution is -2.21. The summed E-state index contributed by atoms with van der Waals surface area (Å²) in [5, 5.41) is 13.6. The second-order valence-corrected chi connectivity index (χ2v) is 9.06. The molecule has 1 amide bonds. The molecule has 12 heteroatoms. The van der Waals surface area contributed by atoms with Crippen LogP contribution in [0.2, 0.25) is 5.02 Å². The highest BCUT2D eigenvalue weighted by molar-refractivity contribution is 7.92. The van der Waals surface area contributed by atoms with Gasteiger partial charge in [-0.25, -0.2) is 8.42 Å². The fourth-order valence-electron chi connectivity index (χ4n) is 2.93. The highest BCUT2D eigenvalue weighted by Gasteiger charge is 2.18. The maximum Gasteiger partial charge on any atom is 0.274 e. The molecule has 0 aromatic heterocycles. The van der Waals surface area contributed by atoms with Gasteiger partial charge in [0.05, 0.1) is 33.2 Å². The molecule has 0 radical (unpaired) electrons. The van der Waals surface area contributed by atoms with Gasteiger partial charge in [0.1, 0.15) is 11.5 Å². The van der Waals surface area contributed by atoms with E-state index in [4.69, 9.17) is 21.1 Å². The summed E-state index contributed by atoms with van der Waals surface area (Å²) in [5.74, 6) is 0.102. The Balaban J connectivity index is 1.65. The number of hydrogen-bond acceptors (Lipinski definition) is 7. The fraction of sp³-hybridized carbons (Fsp3) is 0.136. The normalized spacial score (nSPS) is 10.9. The molecule has 3 rings (SSSR count). The lowest BCUT2D eigenvalue weighted by atomic mass is 10.1. The Morgan fingerprint density at radius 3 is 2.44 bits per heavy atom. The largest absolute Gasteiger partial charge is 0.497 e. The number of anilines is 2. The molecule has 0 atom stereocenters. The van der Waals surface area contributed by atoms with E-state index in [1.807, 2.05) is 0 Å². The molecule has 0 saturated carbocycles. The van der Waals surface area contributed by atoms with Crippen LogP contribution in [0.5, 0.6) is 11.5 Å². The lowest BCUT2D eigenvalue weighted by Gasteiger charge is -2.12. The van der Waals surface area contributed by atoms with Gasteiger partial charge in [0, 0.05) is 11.8 Å². The number of nitro groups is 1. The second kappa shape index (κ2) is 10.4. The van der Waals surface area contributed by atoms with Gasteiger partial charge < -0.3 is 14.8 Å². The van der Waals surface area contributed by atoms with Crippen molar-refractivity contribution in [2.45, 2.75) is 11.8 Å². The third-order valence-electron chi connectivity index (χ3n) is 4.69. The molecule has 0 aliphatic rings. The number of carbonyl (C=O) groups excluding carboxylic acids is 1. The molecule has 0 fully saturated rings. The lowest BCUT2D eigenvalue weighted by molar-refractivity contribution is -0.385. The van der Waals surface area contributed by atoms with Crippen LogP contribution in [0.3, 0.4) is 0 Å². The SMILES string of the molecule is COc1ccc(NS(=O)(=O)c2ccc(OCC(=O)Nc3cccc([N+](=O)[O-])c3C)c(Cl)c2)cc1. The molecule has 0 unspecified atom stereocenters. The minimum atomic E-state index is -3.93. The molecule has 178 valence electrons. The molecular formula is C22H20ClN3O7S. The summed E-state index contributed by atoms with van der Waals surface area (Å²) in [6.07, 6.45) is 0. The van der Waals surface area contributed by atoms with Crippen LogP contribution >= 0.6 is 11.6 Å². The number of amides is 1. The van der Waals surface area contributed by atoms with Crippen LogP contribution in [0.15, 0.2) is 65.6 Å². The van der Waals surface area contributed by atoms with E-state index < -0.39 is 27.5 Å². The third-order valence-corrected chi connectivity index (χ3v) is 6.36. The van der Waals surface area contributed by atoms with Gasteiger partial charge in [-0.05, 0) is 55.5 Å². The number of carbonyl (C=O) groups is 1. The number of nitrogens with one attached hydrogen (secondary N) is 2. The first kappa shape index (κ1) is 24.8. The van der Waals surface area contributed by atoms with Crippen molar-refractivity contribution in [1.82, 2.24) is 0 Å². The Bertz CT molecular complexity index is 1330. The van der Waals surface area contributed by atoms with E-state index in [1.165, 1.54) is 50.4 Å². The number of methoxy groups -OCH3 is 1. The van der Waals surface area contributed by atoms with Crippen LogP contribution in [0, 0.1) is 17.0 Å². The molecule has 0 aliphatic heterocycles. The number of rotatable bonds is 9. The quantitative estimate of drug-likeness (QED) is 0.325. The summed E-state index contributed by atoms with van der Waals surface area (Å²) in [6, 6.07) is 14.5. The molecule has 10 nitrogen and oxygen atoms in total. The zero-order valence-corrected chi connectivity index (χ0v) is 19.6. The molecule has 2 N–H and O–H groups in total. The van der Waals surface area contributed by atoms with E-state index in [1.54, 1.807) is 24.3 Å². The number of nitrogens with zero attached hydrogens (tertiary/aromatic N) is 1. The Labute approximate surface area is 200 Å². The van der Waals surface area contributed by atoms with Crippen LogP contribution in [0.4, 0.5) is 17.1 Å². The van der Waals surface area contributed by atoms with Crippen molar-refractivity contribution in [3.05, 3.63) is 81.4 Å². The Hall–Kier alpha value is -3.83. The van der Waals surface area contributed by atoms with Gasteiger partial charge >= 0.3 is 0 Å². The molecular weight excluding hydrogens is 486 g/mol. The Morgan fingerprint density at radius 2 is 1.82 bits per heavy atom. The van der Waals surface area contributed by atoms with Crippen LogP contribution in [-0.2, 0) is 14.8 Å². The van der Waals surface area contributed by atoms with E-state index in [-0.39, 0.29) is 27.0 Å². The van der Waals surface area contributed by atoms with Gasteiger partial charge in [-0.1, -0.05) is 17.7 Å². The summed E-state index contributed by atoms with van der Waals surface area (Å²) in [7, 11) is -2.42. The van der Waals surface area contributed by atoms with Crippen LogP contribution in [-0.4, -0.2) is 33.0 Å². The zero-order valence-electron chi connectivity index (χ0n) is 18.1. The summed E-state index contributed by atoms with van der Waals surface area (Å²) in [5.41, 5.74) is 0.796. The number of benzene rings is 3. The van der Waals surface area contributed by atoms with E-state index >= 15 is 0 Å². The molecule has 0 saturated heterocycles.